The molecule has 2 rings (SSSR count). The van der Waals surface area contributed by atoms with Crippen molar-refractivity contribution in [3.8, 4) is 0 Å². The predicted molar refractivity (Wildman–Crippen MR) is 87.4 cm³/mol. The molecule has 1 saturated heterocycles. The van der Waals surface area contributed by atoms with Crippen LogP contribution in [0, 0.1) is 0 Å². The summed E-state index contributed by atoms with van der Waals surface area (Å²) in [4.78, 5) is 7.30. The number of hydrogen-bond donors (Lipinski definition) is 0. The van der Waals surface area contributed by atoms with Gasteiger partial charge in [-0.1, -0.05) is 25.5 Å². The zero-order valence-corrected chi connectivity index (χ0v) is 13.3. The zero-order chi connectivity index (χ0) is 14.4. The first-order valence-corrected chi connectivity index (χ1v) is 7.90. The minimum atomic E-state index is 1.06. The van der Waals surface area contributed by atoms with Crippen LogP contribution in [0.25, 0.3) is 0 Å². The number of rotatable bonds is 6. The quantitative estimate of drug-likeness (QED) is 0.790. The van der Waals surface area contributed by atoms with Crippen molar-refractivity contribution in [2.45, 2.75) is 26.3 Å². The molecular weight excluding hydrogens is 246 g/mol. The number of nitrogens with zero attached hydrogens (tertiary/aromatic N) is 3. The first kappa shape index (κ1) is 15.3. The van der Waals surface area contributed by atoms with E-state index in [-0.39, 0.29) is 0 Å². The molecule has 0 aliphatic carbocycles. The van der Waals surface area contributed by atoms with Gasteiger partial charge in [0.2, 0.25) is 0 Å². The van der Waals surface area contributed by atoms with Gasteiger partial charge in [-0.25, -0.2) is 0 Å². The summed E-state index contributed by atoms with van der Waals surface area (Å²) in [5, 5.41) is 0. The monoisotopic (exact) mass is 275 g/mol. The molecule has 3 nitrogen and oxygen atoms in total. The van der Waals surface area contributed by atoms with Crippen LogP contribution in [0.15, 0.2) is 24.3 Å². The molecule has 0 radical (unpaired) electrons. The van der Waals surface area contributed by atoms with Gasteiger partial charge in [0.1, 0.15) is 0 Å². The lowest BCUT2D eigenvalue weighted by molar-refractivity contribution is 0.312. The van der Waals surface area contributed by atoms with Crippen molar-refractivity contribution in [2.75, 3.05) is 51.7 Å². The van der Waals surface area contributed by atoms with Crippen LogP contribution in [0.1, 0.15) is 25.3 Å². The van der Waals surface area contributed by atoms with E-state index in [1.807, 2.05) is 0 Å². The lowest BCUT2D eigenvalue weighted by Crippen LogP contribution is -2.44. The molecule has 0 saturated carbocycles. The molecule has 1 aliphatic heterocycles. The Labute approximate surface area is 124 Å². The Morgan fingerprint density at radius 2 is 1.70 bits per heavy atom. The van der Waals surface area contributed by atoms with E-state index in [0.29, 0.717) is 0 Å². The van der Waals surface area contributed by atoms with Gasteiger partial charge in [0, 0.05) is 38.4 Å². The van der Waals surface area contributed by atoms with Crippen molar-refractivity contribution in [2.24, 2.45) is 0 Å². The first-order valence-electron chi connectivity index (χ1n) is 7.90. The molecule has 0 amide bonds. The van der Waals surface area contributed by atoms with E-state index in [2.05, 4.69) is 60.0 Å². The maximum Gasteiger partial charge on any atom is 0.0367 e. The van der Waals surface area contributed by atoms with Crippen LogP contribution in [-0.4, -0.2) is 56.6 Å². The Kier molecular flexibility index (Phi) is 5.86. The van der Waals surface area contributed by atoms with Crippen molar-refractivity contribution in [3.63, 3.8) is 0 Å². The SMILES string of the molecule is CCCCN(C)Cc1ccc(N2CCN(C)CC2)cc1. The maximum atomic E-state index is 2.49. The van der Waals surface area contributed by atoms with Gasteiger partial charge in [-0.2, -0.15) is 0 Å². The summed E-state index contributed by atoms with van der Waals surface area (Å²) in [5.74, 6) is 0. The Morgan fingerprint density at radius 3 is 2.30 bits per heavy atom. The van der Waals surface area contributed by atoms with E-state index in [1.165, 1.54) is 43.7 Å². The number of unbranched alkanes of at least 4 members (excludes halogenated alkanes) is 1. The van der Waals surface area contributed by atoms with E-state index in [9.17, 15) is 0 Å². The molecular formula is C17H29N3. The molecule has 0 spiro atoms. The van der Waals surface area contributed by atoms with Gasteiger partial charge in [-0.3, -0.25) is 0 Å². The van der Waals surface area contributed by atoms with Gasteiger partial charge in [0.15, 0.2) is 0 Å². The highest BCUT2D eigenvalue weighted by Gasteiger charge is 2.13. The summed E-state index contributed by atoms with van der Waals surface area (Å²) in [5.41, 5.74) is 2.79. The van der Waals surface area contributed by atoms with Gasteiger partial charge in [0.25, 0.3) is 0 Å². The molecule has 1 heterocycles. The largest absolute Gasteiger partial charge is 0.369 e. The number of benzene rings is 1. The van der Waals surface area contributed by atoms with Crippen molar-refractivity contribution in [1.82, 2.24) is 9.80 Å². The van der Waals surface area contributed by atoms with Gasteiger partial charge < -0.3 is 14.7 Å². The summed E-state index contributed by atoms with van der Waals surface area (Å²) in [7, 11) is 4.41. The number of piperazine rings is 1. The predicted octanol–water partition coefficient (Wildman–Crippen LogP) is 2.67. The van der Waals surface area contributed by atoms with Crippen molar-refractivity contribution in [3.05, 3.63) is 29.8 Å². The highest BCUT2D eigenvalue weighted by molar-refractivity contribution is 5.48. The molecule has 0 bridgehead atoms. The average Bonchev–Trinajstić information content (AvgIpc) is 2.47. The third kappa shape index (κ3) is 4.50. The highest BCUT2D eigenvalue weighted by Crippen LogP contribution is 2.17. The Balaban J connectivity index is 1.86. The van der Waals surface area contributed by atoms with Crippen molar-refractivity contribution < 1.29 is 0 Å². The van der Waals surface area contributed by atoms with Crippen LogP contribution in [-0.2, 0) is 6.54 Å². The van der Waals surface area contributed by atoms with Crippen LogP contribution in [0.4, 0.5) is 5.69 Å². The Morgan fingerprint density at radius 1 is 1.05 bits per heavy atom. The maximum absolute atomic E-state index is 2.49. The van der Waals surface area contributed by atoms with E-state index < -0.39 is 0 Å². The van der Waals surface area contributed by atoms with Crippen molar-refractivity contribution in [1.29, 1.82) is 0 Å². The van der Waals surface area contributed by atoms with E-state index >= 15 is 0 Å². The summed E-state index contributed by atoms with van der Waals surface area (Å²) in [6, 6.07) is 9.15. The second-order valence-corrected chi connectivity index (χ2v) is 6.05. The minimum Gasteiger partial charge on any atom is -0.369 e. The van der Waals surface area contributed by atoms with Gasteiger partial charge in [-0.05, 0) is 44.8 Å². The normalized spacial score (nSPS) is 16.9. The van der Waals surface area contributed by atoms with Gasteiger partial charge in [-0.15, -0.1) is 0 Å². The van der Waals surface area contributed by atoms with Crippen LogP contribution in [0.5, 0.6) is 0 Å². The minimum absolute atomic E-state index is 1.06. The second-order valence-electron chi connectivity index (χ2n) is 6.05. The number of likely N-dealkylation sites (N-methyl/N-ethyl adjacent to an activating group) is 1. The van der Waals surface area contributed by atoms with E-state index in [1.54, 1.807) is 0 Å². The molecule has 0 atom stereocenters. The number of hydrogen-bond acceptors (Lipinski definition) is 3. The highest BCUT2D eigenvalue weighted by atomic mass is 15.2. The van der Waals surface area contributed by atoms with Crippen LogP contribution < -0.4 is 4.90 Å². The summed E-state index contributed by atoms with van der Waals surface area (Å²) < 4.78 is 0. The molecule has 1 aliphatic rings. The molecule has 3 heteroatoms. The zero-order valence-electron chi connectivity index (χ0n) is 13.3. The first-order chi connectivity index (χ1) is 9.69. The lowest BCUT2D eigenvalue weighted by atomic mass is 10.1. The lowest BCUT2D eigenvalue weighted by Gasteiger charge is -2.34. The topological polar surface area (TPSA) is 9.72 Å². The molecule has 20 heavy (non-hydrogen) atoms. The third-order valence-electron chi connectivity index (χ3n) is 4.15. The molecule has 0 unspecified atom stereocenters. The second kappa shape index (κ2) is 7.65. The third-order valence-corrected chi connectivity index (χ3v) is 4.15. The molecule has 112 valence electrons. The van der Waals surface area contributed by atoms with Crippen LogP contribution >= 0.6 is 0 Å². The Hall–Kier alpha value is -1.06. The van der Waals surface area contributed by atoms with Crippen LogP contribution in [0.2, 0.25) is 0 Å². The fraction of sp³-hybridized carbons (Fsp3) is 0.647. The fourth-order valence-electron chi connectivity index (χ4n) is 2.70. The van der Waals surface area contributed by atoms with E-state index in [4.69, 9.17) is 0 Å². The summed E-state index contributed by atoms with van der Waals surface area (Å²) >= 11 is 0. The fourth-order valence-corrected chi connectivity index (χ4v) is 2.70. The number of anilines is 1. The molecule has 0 N–H and O–H groups in total. The van der Waals surface area contributed by atoms with Crippen LogP contribution in [0.3, 0.4) is 0 Å². The molecule has 0 aromatic heterocycles. The summed E-state index contributed by atoms with van der Waals surface area (Å²) in [6.07, 6.45) is 2.56. The molecule has 1 fully saturated rings. The Bertz CT molecular complexity index is 380. The average molecular weight is 275 g/mol. The summed E-state index contributed by atoms with van der Waals surface area (Å²) in [6.45, 7) is 9.12. The van der Waals surface area contributed by atoms with Crippen molar-refractivity contribution >= 4 is 5.69 Å². The van der Waals surface area contributed by atoms with E-state index in [0.717, 1.165) is 19.6 Å². The van der Waals surface area contributed by atoms with Gasteiger partial charge >= 0.3 is 0 Å². The van der Waals surface area contributed by atoms with Gasteiger partial charge in [0.05, 0.1) is 0 Å². The molecule has 1 aromatic rings. The molecule has 1 aromatic carbocycles. The smallest absolute Gasteiger partial charge is 0.0367 e. The standard InChI is InChI=1S/C17H29N3/c1-4-5-10-19(3)15-16-6-8-17(9-7-16)20-13-11-18(2)12-14-20/h6-9H,4-5,10-15H2,1-3H3.